The summed E-state index contributed by atoms with van der Waals surface area (Å²) in [5.74, 6) is 0.660. The topological polar surface area (TPSA) is 92.3 Å². The minimum atomic E-state index is -0.224. The highest BCUT2D eigenvalue weighted by atomic mass is 16.6. The summed E-state index contributed by atoms with van der Waals surface area (Å²) in [5, 5.41) is 6.71. The lowest BCUT2D eigenvalue weighted by atomic mass is 10.1. The number of amides is 1. The van der Waals surface area contributed by atoms with Crippen LogP contribution in [-0.2, 0) is 14.3 Å². The number of esters is 1. The number of carbonyl (C=O) groups excluding carboxylic acids is 2. The number of nitrogens with zero attached hydrogens (tertiary/aromatic N) is 2. The predicted molar refractivity (Wildman–Crippen MR) is 101 cm³/mol. The average molecular weight is 370 g/mol. The molecule has 8 nitrogen and oxygen atoms in total. The fourth-order valence-corrected chi connectivity index (χ4v) is 2.79. The number of likely N-dealkylation sites (tertiary alicyclic amines) is 1. The molecular weight excluding hydrogens is 336 g/mol. The zero-order chi connectivity index (χ0) is 19.2. The molecule has 0 spiro atoms. The number of piperidine rings is 1. The van der Waals surface area contributed by atoms with Crippen molar-refractivity contribution in [1.29, 1.82) is 0 Å². The van der Waals surface area contributed by atoms with E-state index >= 15 is 0 Å². The van der Waals surface area contributed by atoms with E-state index in [-0.39, 0.29) is 12.1 Å². The van der Waals surface area contributed by atoms with Crippen molar-refractivity contribution in [2.24, 2.45) is 4.99 Å². The van der Waals surface area contributed by atoms with Gasteiger partial charge in [0.1, 0.15) is 0 Å². The molecule has 150 valence electrons. The summed E-state index contributed by atoms with van der Waals surface area (Å²) < 4.78 is 9.67. The van der Waals surface area contributed by atoms with Crippen LogP contribution in [0.1, 0.15) is 52.4 Å². The molecule has 1 heterocycles. The molecule has 1 rings (SSSR count). The van der Waals surface area contributed by atoms with Crippen LogP contribution in [0.2, 0.25) is 0 Å². The molecule has 0 saturated carbocycles. The highest BCUT2D eigenvalue weighted by Gasteiger charge is 2.23. The molecule has 2 N–H and O–H groups in total. The third-order valence-corrected chi connectivity index (χ3v) is 4.24. The quantitative estimate of drug-likeness (QED) is 0.279. The van der Waals surface area contributed by atoms with E-state index in [4.69, 9.17) is 4.74 Å². The van der Waals surface area contributed by atoms with Gasteiger partial charge in [-0.1, -0.05) is 6.42 Å². The minimum Gasteiger partial charge on any atom is -0.469 e. The van der Waals surface area contributed by atoms with Crippen molar-refractivity contribution >= 4 is 18.0 Å². The number of nitrogens with one attached hydrogen (secondary N) is 2. The van der Waals surface area contributed by atoms with Gasteiger partial charge in [0.15, 0.2) is 5.96 Å². The maximum atomic E-state index is 11.7. The second-order valence-electron chi connectivity index (χ2n) is 6.25. The Bertz CT molecular complexity index is 448. The van der Waals surface area contributed by atoms with Crippen molar-refractivity contribution in [3.05, 3.63) is 0 Å². The number of ether oxygens (including phenoxy) is 2. The van der Waals surface area contributed by atoms with Gasteiger partial charge in [-0.3, -0.25) is 9.79 Å². The molecule has 0 atom stereocenters. The minimum absolute atomic E-state index is 0.155. The first-order valence-corrected chi connectivity index (χ1v) is 9.64. The van der Waals surface area contributed by atoms with E-state index in [0.29, 0.717) is 32.2 Å². The molecule has 0 unspecified atom stereocenters. The monoisotopic (exact) mass is 370 g/mol. The molecule has 0 aliphatic carbocycles. The van der Waals surface area contributed by atoms with Crippen LogP contribution in [0, 0.1) is 0 Å². The van der Waals surface area contributed by atoms with Crippen molar-refractivity contribution < 1.29 is 19.1 Å². The molecule has 8 heteroatoms. The molecule has 0 bridgehead atoms. The van der Waals surface area contributed by atoms with Gasteiger partial charge in [0, 0.05) is 38.6 Å². The fraction of sp³-hybridized carbons (Fsp3) is 0.833. The Hall–Kier alpha value is -1.99. The van der Waals surface area contributed by atoms with Crippen LogP contribution in [0.5, 0.6) is 0 Å². The summed E-state index contributed by atoms with van der Waals surface area (Å²) in [4.78, 5) is 29.2. The van der Waals surface area contributed by atoms with Crippen LogP contribution >= 0.6 is 0 Å². The Morgan fingerprint density at radius 2 is 1.88 bits per heavy atom. The molecule has 0 aromatic heterocycles. The normalized spacial score (nSPS) is 15.5. The molecule has 0 aromatic carbocycles. The van der Waals surface area contributed by atoms with Crippen molar-refractivity contribution in [3.63, 3.8) is 0 Å². The van der Waals surface area contributed by atoms with Crippen LogP contribution in [-0.4, -0.2) is 68.9 Å². The molecule has 0 radical (unpaired) electrons. The van der Waals surface area contributed by atoms with Gasteiger partial charge in [-0.2, -0.15) is 0 Å². The van der Waals surface area contributed by atoms with Crippen LogP contribution in [0.3, 0.4) is 0 Å². The molecule has 1 saturated heterocycles. The van der Waals surface area contributed by atoms with E-state index in [1.165, 1.54) is 7.11 Å². The zero-order valence-corrected chi connectivity index (χ0v) is 16.4. The van der Waals surface area contributed by atoms with E-state index in [0.717, 1.165) is 51.2 Å². The summed E-state index contributed by atoms with van der Waals surface area (Å²) in [6.45, 7) is 7.19. The van der Waals surface area contributed by atoms with Gasteiger partial charge in [0.05, 0.1) is 13.7 Å². The maximum absolute atomic E-state index is 11.7. The highest BCUT2D eigenvalue weighted by Crippen LogP contribution is 2.11. The number of carbonyl (C=O) groups is 2. The maximum Gasteiger partial charge on any atom is 0.409 e. The summed E-state index contributed by atoms with van der Waals surface area (Å²) in [5.41, 5.74) is 0. The number of hydrogen-bond acceptors (Lipinski definition) is 5. The van der Waals surface area contributed by atoms with Gasteiger partial charge in [0.25, 0.3) is 0 Å². The van der Waals surface area contributed by atoms with Crippen molar-refractivity contribution in [2.75, 3.05) is 39.9 Å². The first-order chi connectivity index (χ1) is 12.6. The molecule has 1 fully saturated rings. The number of hydrogen-bond donors (Lipinski definition) is 2. The molecular formula is C18H34N4O4. The van der Waals surface area contributed by atoms with Crippen molar-refractivity contribution in [2.45, 2.75) is 58.4 Å². The largest absolute Gasteiger partial charge is 0.469 e. The predicted octanol–water partition coefficient (Wildman–Crippen LogP) is 1.90. The van der Waals surface area contributed by atoms with Gasteiger partial charge in [0.2, 0.25) is 0 Å². The van der Waals surface area contributed by atoms with Gasteiger partial charge in [-0.05, 0) is 39.5 Å². The second kappa shape index (κ2) is 13.2. The lowest BCUT2D eigenvalue weighted by Crippen LogP contribution is -2.49. The summed E-state index contributed by atoms with van der Waals surface area (Å²) >= 11 is 0. The van der Waals surface area contributed by atoms with Gasteiger partial charge < -0.3 is 25.0 Å². The number of aliphatic imine (C=N–C) groups is 1. The number of unbranched alkanes of at least 4 members (excludes halogenated alkanes) is 2. The summed E-state index contributed by atoms with van der Waals surface area (Å²) in [7, 11) is 1.41. The van der Waals surface area contributed by atoms with Crippen LogP contribution in [0.25, 0.3) is 0 Å². The average Bonchev–Trinajstić information content (AvgIpc) is 2.65. The SMILES string of the molecule is CCNC(=NCCCCCC(=O)OC)NC1CCN(C(=O)OCC)CC1. The Labute approximate surface area is 156 Å². The number of methoxy groups -OCH3 is 1. The van der Waals surface area contributed by atoms with Crippen LogP contribution in [0.15, 0.2) is 4.99 Å². The molecule has 0 aromatic rings. The Balaban J connectivity index is 2.29. The summed E-state index contributed by atoms with van der Waals surface area (Å²) in [6, 6.07) is 0.304. The first-order valence-electron chi connectivity index (χ1n) is 9.64. The van der Waals surface area contributed by atoms with Gasteiger partial charge in [-0.15, -0.1) is 0 Å². The molecule has 1 amide bonds. The first kappa shape index (κ1) is 22.1. The van der Waals surface area contributed by atoms with Gasteiger partial charge >= 0.3 is 12.1 Å². The highest BCUT2D eigenvalue weighted by molar-refractivity contribution is 5.80. The summed E-state index contributed by atoms with van der Waals surface area (Å²) in [6.07, 6.45) is 4.73. The molecule has 1 aliphatic rings. The number of rotatable bonds is 9. The van der Waals surface area contributed by atoms with E-state index in [1.807, 2.05) is 13.8 Å². The smallest absolute Gasteiger partial charge is 0.409 e. The Morgan fingerprint density at radius 1 is 1.15 bits per heavy atom. The lowest BCUT2D eigenvalue weighted by Gasteiger charge is -2.32. The Morgan fingerprint density at radius 3 is 2.50 bits per heavy atom. The van der Waals surface area contributed by atoms with Crippen LogP contribution in [0.4, 0.5) is 4.79 Å². The van der Waals surface area contributed by atoms with Crippen LogP contribution < -0.4 is 10.6 Å². The number of guanidine groups is 1. The zero-order valence-electron chi connectivity index (χ0n) is 16.4. The van der Waals surface area contributed by atoms with E-state index < -0.39 is 0 Å². The third-order valence-electron chi connectivity index (χ3n) is 4.24. The third kappa shape index (κ3) is 8.92. The Kier molecular flexibility index (Phi) is 11.2. The van der Waals surface area contributed by atoms with E-state index in [9.17, 15) is 9.59 Å². The van der Waals surface area contributed by atoms with E-state index in [2.05, 4.69) is 20.4 Å². The second-order valence-corrected chi connectivity index (χ2v) is 6.25. The van der Waals surface area contributed by atoms with E-state index in [1.54, 1.807) is 4.90 Å². The standard InChI is InChI=1S/C18H34N4O4/c1-4-19-17(20-12-8-6-7-9-16(23)25-3)21-15-10-13-22(14-11-15)18(24)26-5-2/h15H,4-14H2,1-3H3,(H2,19,20,21). The van der Waals surface area contributed by atoms with Crippen molar-refractivity contribution in [1.82, 2.24) is 15.5 Å². The molecule has 1 aliphatic heterocycles. The lowest BCUT2D eigenvalue weighted by molar-refractivity contribution is -0.140. The van der Waals surface area contributed by atoms with Crippen molar-refractivity contribution in [3.8, 4) is 0 Å². The molecule has 26 heavy (non-hydrogen) atoms. The van der Waals surface area contributed by atoms with Gasteiger partial charge in [-0.25, -0.2) is 4.79 Å². The fourth-order valence-electron chi connectivity index (χ4n) is 2.79.